The highest BCUT2D eigenvalue weighted by atomic mass is 16.4. The van der Waals surface area contributed by atoms with E-state index in [1.807, 2.05) is 18.2 Å². The molecule has 0 spiro atoms. The number of aliphatic carboxylic acids is 1. The first kappa shape index (κ1) is 14.6. The summed E-state index contributed by atoms with van der Waals surface area (Å²) in [5.41, 5.74) is 1.13. The minimum Gasteiger partial charge on any atom is -0.481 e. The number of carbonyl (C=O) groups is 1. The lowest BCUT2D eigenvalue weighted by Gasteiger charge is -2.23. The van der Waals surface area contributed by atoms with Crippen molar-refractivity contribution in [2.75, 3.05) is 0 Å². The van der Waals surface area contributed by atoms with Crippen LogP contribution in [-0.4, -0.2) is 11.1 Å². The van der Waals surface area contributed by atoms with Gasteiger partial charge in [0.25, 0.3) is 0 Å². The fraction of sp³-hybridized carbons (Fsp3) is 0.389. The standard InChI is InChI=1S/C18H22O2/c1-18(2,3)12-16(17(19)20)11-13-8-9-14-6-4-5-7-15(14)10-13/h4-10,16H,11-12H2,1-3H3,(H,19,20)/t16-/m1/s1. The van der Waals surface area contributed by atoms with E-state index in [0.29, 0.717) is 12.8 Å². The van der Waals surface area contributed by atoms with Gasteiger partial charge in [0.2, 0.25) is 0 Å². The fourth-order valence-electron chi connectivity index (χ4n) is 2.64. The number of hydrogen-bond donors (Lipinski definition) is 1. The van der Waals surface area contributed by atoms with E-state index in [1.54, 1.807) is 0 Å². The molecule has 0 radical (unpaired) electrons. The molecule has 0 aliphatic carbocycles. The highest BCUT2D eigenvalue weighted by Crippen LogP contribution is 2.27. The molecule has 106 valence electrons. The summed E-state index contributed by atoms with van der Waals surface area (Å²) in [5.74, 6) is -1.02. The van der Waals surface area contributed by atoms with Gasteiger partial charge in [-0.15, -0.1) is 0 Å². The van der Waals surface area contributed by atoms with E-state index >= 15 is 0 Å². The van der Waals surface area contributed by atoms with Crippen molar-refractivity contribution in [1.82, 2.24) is 0 Å². The summed E-state index contributed by atoms with van der Waals surface area (Å²) in [6.07, 6.45) is 1.28. The highest BCUT2D eigenvalue weighted by Gasteiger charge is 2.24. The summed E-state index contributed by atoms with van der Waals surface area (Å²) in [6.45, 7) is 6.26. The molecule has 0 fully saturated rings. The van der Waals surface area contributed by atoms with E-state index in [0.717, 1.165) is 5.56 Å². The smallest absolute Gasteiger partial charge is 0.306 e. The molecule has 0 unspecified atom stereocenters. The maximum Gasteiger partial charge on any atom is 0.306 e. The Labute approximate surface area is 120 Å². The molecule has 0 aliphatic rings. The van der Waals surface area contributed by atoms with Crippen molar-refractivity contribution >= 4 is 16.7 Å². The minimum atomic E-state index is -0.701. The summed E-state index contributed by atoms with van der Waals surface area (Å²) in [6, 6.07) is 14.4. The lowest BCUT2D eigenvalue weighted by Crippen LogP contribution is -2.22. The molecule has 2 heteroatoms. The van der Waals surface area contributed by atoms with Gasteiger partial charge >= 0.3 is 5.97 Å². The molecule has 0 saturated heterocycles. The van der Waals surface area contributed by atoms with Gasteiger partial charge in [0.15, 0.2) is 0 Å². The third-order valence-electron chi connectivity index (χ3n) is 3.50. The predicted molar refractivity (Wildman–Crippen MR) is 82.8 cm³/mol. The van der Waals surface area contributed by atoms with Crippen molar-refractivity contribution in [2.45, 2.75) is 33.6 Å². The van der Waals surface area contributed by atoms with Crippen molar-refractivity contribution in [1.29, 1.82) is 0 Å². The second kappa shape index (κ2) is 5.66. The highest BCUT2D eigenvalue weighted by molar-refractivity contribution is 5.83. The largest absolute Gasteiger partial charge is 0.481 e. The van der Waals surface area contributed by atoms with Gasteiger partial charge in [0.1, 0.15) is 0 Å². The molecule has 1 atom stereocenters. The molecule has 0 aromatic heterocycles. The predicted octanol–water partition coefficient (Wildman–Crippen LogP) is 4.52. The molecule has 0 saturated carbocycles. The van der Waals surface area contributed by atoms with Crippen LogP contribution < -0.4 is 0 Å². The van der Waals surface area contributed by atoms with Crippen molar-refractivity contribution in [2.24, 2.45) is 11.3 Å². The Morgan fingerprint density at radius 3 is 2.35 bits per heavy atom. The number of benzene rings is 2. The molecule has 2 aromatic carbocycles. The molecule has 2 nitrogen and oxygen atoms in total. The number of carboxylic acid groups (broad SMARTS) is 1. The maximum atomic E-state index is 11.4. The number of hydrogen-bond acceptors (Lipinski definition) is 1. The first-order chi connectivity index (χ1) is 9.35. The topological polar surface area (TPSA) is 37.3 Å². The van der Waals surface area contributed by atoms with Crippen LogP contribution in [0.3, 0.4) is 0 Å². The summed E-state index contributed by atoms with van der Waals surface area (Å²) >= 11 is 0. The van der Waals surface area contributed by atoms with Crippen LogP contribution in [-0.2, 0) is 11.2 Å². The van der Waals surface area contributed by atoms with Crippen LogP contribution in [0.5, 0.6) is 0 Å². The van der Waals surface area contributed by atoms with Crippen LogP contribution in [0.15, 0.2) is 42.5 Å². The Morgan fingerprint density at radius 2 is 1.75 bits per heavy atom. The second-order valence-corrected chi connectivity index (χ2v) is 6.69. The van der Waals surface area contributed by atoms with Crippen LogP contribution in [0, 0.1) is 11.3 Å². The van der Waals surface area contributed by atoms with Gasteiger partial charge in [0, 0.05) is 0 Å². The van der Waals surface area contributed by atoms with Gasteiger partial charge < -0.3 is 5.11 Å². The summed E-state index contributed by atoms with van der Waals surface area (Å²) < 4.78 is 0. The van der Waals surface area contributed by atoms with Crippen LogP contribution in [0.4, 0.5) is 0 Å². The number of fused-ring (bicyclic) bond motifs is 1. The average molecular weight is 270 g/mol. The van der Waals surface area contributed by atoms with Crippen LogP contribution in [0.2, 0.25) is 0 Å². The Morgan fingerprint density at radius 1 is 1.10 bits per heavy atom. The van der Waals surface area contributed by atoms with E-state index in [2.05, 4.69) is 45.0 Å². The summed E-state index contributed by atoms with van der Waals surface area (Å²) in [4.78, 5) is 11.4. The normalized spacial score (nSPS) is 13.3. The second-order valence-electron chi connectivity index (χ2n) is 6.69. The molecule has 0 aliphatic heterocycles. The lowest BCUT2D eigenvalue weighted by molar-refractivity contribution is -0.142. The van der Waals surface area contributed by atoms with Crippen LogP contribution in [0.25, 0.3) is 10.8 Å². The minimum absolute atomic E-state index is 0.0277. The molecule has 20 heavy (non-hydrogen) atoms. The van der Waals surface area contributed by atoms with Gasteiger partial charge in [-0.3, -0.25) is 4.79 Å². The quantitative estimate of drug-likeness (QED) is 0.887. The van der Waals surface area contributed by atoms with Crippen LogP contribution in [0.1, 0.15) is 32.8 Å². The Bertz CT molecular complexity index is 608. The Hall–Kier alpha value is -1.83. The van der Waals surface area contributed by atoms with Crippen molar-refractivity contribution < 1.29 is 9.90 Å². The van der Waals surface area contributed by atoms with Gasteiger partial charge in [0.05, 0.1) is 5.92 Å². The van der Waals surface area contributed by atoms with Gasteiger partial charge in [-0.1, -0.05) is 63.2 Å². The van der Waals surface area contributed by atoms with Gasteiger partial charge in [-0.25, -0.2) is 0 Å². The number of rotatable bonds is 4. The molecular weight excluding hydrogens is 248 g/mol. The van der Waals surface area contributed by atoms with E-state index in [9.17, 15) is 9.90 Å². The first-order valence-corrected chi connectivity index (χ1v) is 7.06. The van der Waals surface area contributed by atoms with Crippen molar-refractivity contribution in [3.05, 3.63) is 48.0 Å². The molecule has 0 heterocycles. The maximum absolute atomic E-state index is 11.4. The molecule has 0 amide bonds. The molecule has 0 bridgehead atoms. The molecule has 1 N–H and O–H groups in total. The summed E-state index contributed by atoms with van der Waals surface area (Å²) in [5, 5.41) is 11.8. The van der Waals surface area contributed by atoms with Gasteiger partial charge in [-0.05, 0) is 34.6 Å². The monoisotopic (exact) mass is 270 g/mol. The van der Waals surface area contributed by atoms with E-state index in [4.69, 9.17) is 0 Å². The lowest BCUT2D eigenvalue weighted by atomic mass is 9.82. The third kappa shape index (κ3) is 3.83. The van der Waals surface area contributed by atoms with E-state index < -0.39 is 5.97 Å². The van der Waals surface area contributed by atoms with Gasteiger partial charge in [-0.2, -0.15) is 0 Å². The fourth-order valence-corrected chi connectivity index (χ4v) is 2.64. The Kier molecular flexibility index (Phi) is 4.12. The van der Waals surface area contributed by atoms with E-state index in [-0.39, 0.29) is 11.3 Å². The first-order valence-electron chi connectivity index (χ1n) is 7.06. The molecule has 2 aromatic rings. The van der Waals surface area contributed by atoms with Crippen molar-refractivity contribution in [3.63, 3.8) is 0 Å². The average Bonchev–Trinajstić information content (AvgIpc) is 2.36. The SMILES string of the molecule is CC(C)(C)C[C@@H](Cc1ccc2ccccc2c1)C(=O)O. The third-order valence-corrected chi connectivity index (χ3v) is 3.50. The van der Waals surface area contributed by atoms with E-state index in [1.165, 1.54) is 10.8 Å². The zero-order valence-electron chi connectivity index (χ0n) is 12.4. The number of carboxylic acids is 1. The summed E-state index contributed by atoms with van der Waals surface area (Å²) in [7, 11) is 0. The molecule has 2 rings (SSSR count). The Balaban J connectivity index is 2.22. The zero-order valence-corrected chi connectivity index (χ0v) is 12.4. The zero-order chi connectivity index (χ0) is 14.8. The van der Waals surface area contributed by atoms with Crippen molar-refractivity contribution in [3.8, 4) is 0 Å². The van der Waals surface area contributed by atoms with Crippen LogP contribution >= 0.6 is 0 Å². The molecular formula is C18H22O2.